The summed E-state index contributed by atoms with van der Waals surface area (Å²) in [6.07, 6.45) is 6.05. The standard InChI is InChI=1S/C19H22O6/c1-10-7-14(24-16(10)20)23-9-13-12-8-11-5-4-6-18(2,3)19(11,22)15(12)25-17(13)21/h7-9,12,14-15,22H,4-6H2,1-3H3/t12-,14-,15+,19?/m1/s1. The van der Waals surface area contributed by atoms with Gasteiger partial charge in [-0.2, -0.15) is 0 Å². The number of hydrogen-bond acceptors (Lipinski definition) is 6. The Morgan fingerprint density at radius 1 is 1.24 bits per heavy atom. The molecule has 2 heterocycles. The average molecular weight is 346 g/mol. The highest BCUT2D eigenvalue weighted by atomic mass is 16.7. The summed E-state index contributed by atoms with van der Waals surface area (Å²) in [6.45, 7) is 5.67. The Bertz CT molecular complexity index is 743. The van der Waals surface area contributed by atoms with E-state index in [4.69, 9.17) is 14.2 Å². The maximum atomic E-state index is 12.3. The molecule has 4 rings (SSSR count). The van der Waals surface area contributed by atoms with Crippen molar-refractivity contribution in [3.63, 3.8) is 0 Å². The van der Waals surface area contributed by atoms with E-state index in [1.54, 1.807) is 13.0 Å². The number of rotatable bonds is 2. The quantitative estimate of drug-likeness (QED) is 0.357. The van der Waals surface area contributed by atoms with E-state index >= 15 is 0 Å². The molecule has 0 aromatic carbocycles. The van der Waals surface area contributed by atoms with Crippen molar-refractivity contribution in [2.45, 2.75) is 58.0 Å². The third-order valence-corrected chi connectivity index (χ3v) is 5.98. The maximum Gasteiger partial charge on any atom is 0.338 e. The molecule has 6 nitrogen and oxygen atoms in total. The van der Waals surface area contributed by atoms with E-state index in [1.165, 1.54) is 6.26 Å². The van der Waals surface area contributed by atoms with Crippen molar-refractivity contribution in [1.82, 2.24) is 0 Å². The molecule has 0 radical (unpaired) electrons. The fourth-order valence-corrected chi connectivity index (χ4v) is 4.45. The lowest BCUT2D eigenvalue weighted by atomic mass is 9.62. The monoisotopic (exact) mass is 346 g/mol. The highest BCUT2D eigenvalue weighted by Crippen LogP contribution is 2.57. The lowest BCUT2D eigenvalue weighted by Crippen LogP contribution is -2.55. The minimum Gasteiger partial charge on any atom is -0.458 e. The maximum absolute atomic E-state index is 12.3. The second-order valence-corrected chi connectivity index (χ2v) is 7.88. The summed E-state index contributed by atoms with van der Waals surface area (Å²) in [4.78, 5) is 23.7. The van der Waals surface area contributed by atoms with E-state index in [1.807, 2.05) is 19.9 Å². The van der Waals surface area contributed by atoms with Crippen molar-refractivity contribution in [3.8, 4) is 0 Å². The van der Waals surface area contributed by atoms with E-state index in [2.05, 4.69) is 0 Å². The first-order valence-electron chi connectivity index (χ1n) is 8.63. The highest BCUT2D eigenvalue weighted by molar-refractivity contribution is 5.93. The molecule has 1 N–H and O–H groups in total. The van der Waals surface area contributed by atoms with Gasteiger partial charge in [-0.3, -0.25) is 0 Å². The van der Waals surface area contributed by atoms with Gasteiger partial charge in [0.1, 0.15) is 11.7 Å². The van der Waals surface area contributed by atoms with Crippen LogP contribution in [0.2, 0.25) is 0 Å². The summed E-state index contributed by atoms with van der Waals surface area (Å²) >= 11 is 0. The van der Waals surface area contributed by atoms with Gasteiger partial charge in [-0.1, -0.05) is 19.9 Å². The minimum absolute atomic E-state index is 0.341. The van der Waals surface area contributed by atoms with E-state index in [9.17, 15) is 14.7 Å². The third kappa shape index (κ3) is 2.20. The van der Waals surface area contributed by atoms with Crippen LogP contribution in [0.3, 0.4) is 0 Å². The molecule has 4 aliphatic rings. The number of cyclic esters (lactones) is 1. The molecular weight excluding hydrogens is 324 g/mol. The fraction of sp³-hybridized carbons (Fsp3) is 0.579. The third-order valence-electron chi connectivity index (χ3n) is 5.98. The summed E-state index contributed by atoms with van der Waals surface area (Å²) in [6, 6.07) is 0. The number of aliphatic hydroxyl groups is 1. The molecule has 134 valence electrons. The zero-order chi connectivity index (χ0) is 18.0. The van der Waals surface area contributed by atoms with Crippen molar-refractivity contribution in [3.05, 3.63) is 35.1 Å². The van der Waals surface area contributed by atoms with Crippen molar-refractivity contribution >= 4 is 11.9 Å². The number of hydrogen-bond donors (Lipinski definition) is 1. The van der Waals surface area contributed by atoms with Gasteiger partial charge in [0.15, 0.2) is 0 Å². The van der Waals surface area contributed by atoms with Crippen LogP contribution in [0, 0.1) is 11.3 Å². The van der Waals surface area contributed by atoms with Crippen LogP contribution < -0.4 is 0 Å². The van der Waals surface area contributed by atoms with Crippen molar-refractivity contribution in [2.75, 3.05) is 0 Å². The molecule has 0 bridgehead atoms. The van der Waals surface area contributed by atoms with Gasteiger partial charge >= 0.3 is 11.9 Å². The van der Waals surface area contributed by atoms with Gasteiger partial charge < -0.3 is 19.3 Å². The molecule has 0 aromatic rings. The predicted molar refractivity (Wildman–Crippen MR) is 86.8 cm³/mol. The minimum atomic E-state index is -1.14. The van der Waals surface area contributed by atoms with Gasteiger partial charge in [0.2, 0.25) is 0 Å². The summed E-state index contributed by atoms with van der Waals surface area (Å²) in [5, 5.41) is 11.4. The fourth-order valence-electron chi connectivity index (χ4n) is 4.45. The van der Waals surface area contributed by atoms with Gasteiger partial charge in [-0.15, -0.1) is 0 Å². The highest BCUT2D eigenvalue weighted by Gasteiger charge is 2.64. The average Bonchev–Trinajstić information content (AvgIpc) is 3.11. The van der Waals surface area contributed by atoms with Crippen molar-refractivity contribution in [1.29, 1.82) is 0 Å². The molecule has 2 aliphatic carbocycles. The number of carbonyl (C=O) groups is 2. The molecule has 25 heavy (non-hydrogen) atoms. The van der Waals surface area contributed by atoms with Gasteiger partial charge in [-0.05, 0) is 31.8 Å². The van der Waals surface area contributed by atoms with Crippen LogP contribution in [0.15, 0.2) is 35.1 Å². The molecule has 6 heteroatoms. The topological polar surface area (TPSA) is 82.1 Å². The Morgan fingerprint density at radius 2 is 2.00 bits per heavy atom. The normalized spacial score (nSPS) is 40.2. The molecule has 4 atom stereocenters. The van der Waals surface area contributed by atoms with E-state index in [0.29, 0.717) is 11.1 Å². The lowest BCUT2D eigenvalue weighted by molar-refractivity contribution is -0.164. The summed E-state index contributed by atoms with van der Waals surface area (Å²) < 4.78 is 16.0. The number of fused-ring (bicyclic) bond motifs is 3. The van der Waals surface area contributed by atoms with E-state index in [-0.39, 0.29) is 11.3 Å². The van der Waals surface area contributed by atoms with Crippen LogP contribution in [0.25, 0.3) is 0 Å². The SMILES string of the molecule is CC1=C[C@H](OC=C2C(=O)O[C@H]3[C@@H]2C=C2CCCC(C)(C)C23O)OC1=O. The number of esters is 2. The molecule has 1 saturated carbocycles. The Kier molecular flexibility index (Phi) is 3.41. The second-order valence-electron chi connectivity index (χ2n) is 7.88. The predicted octanol–water partition coefficient (Wildman–Crippen LogP) is 2.14. The van der Waals surface area contributed by atoms with Crippen LogP contribution in [0.4, 0.5) is 0 Å². The van der Waals surface area contributed by atoms with Crippen LogP contribution in [-0.2, 0) is 23.8 Å². The molecule has 1 saturated heterocycles. The number of ether oxygens (including phenoxy) is 3. The van der Waals surface area contributed by atoms with Crippen LogP contribution in [0.5, 0.6) is 0 Å². The zero-order valence-electron chi connectivity index (χ0n) is 14.6. The van der Waals surface area contributed by atoms with Crippen LogP contribution in [0.1, 0.15) is 40.0 Å². The zero-order valence-corrected chi connectivity index (χ0v) is 14.6. The number of carbonyl (C=O) groups excluding carboxylic acids is 2. The molecule has 0 spiro atoms. The van der Waals surface area contributed by atoms with Crippen LogP contribution in [-0.4, -0.2) is 35.0 Å². The largest absolute Gasteiger partial charge is 0.458 e. The summed E-state index contributed by atoms with van der Waals surface area (Å²) in [5.41, 5.74) is 0.261. The molecule has 2 fully saturated rings. The second kappa shape index (κ2) is 5.21. The van der Waals surface area contributed by atoms with Gasteiger partial charge in [0, 0.05) is 17.1 Å². The molecule has 0 amide bonds. The summed E-state index contributed by atoms with van der Waals surface area (Å²) in [7, 11) is 0. The molecule has 0 aromatic heterocycles. The van der Waals surface area contributed by atoms with Crippen molar-refractivity contribution < 1.29 is 28.9 Å². The lowest BCUT2D eigenvalue weighted by Gasteiger charge is -2.48. The first-order chi connectivity index (χ1) is 11.7. The first kappa shape index (κ1) is 16.4. The molecule has 1 unspecified atom stereocenters. The smallest absolute Gasteiger partial charge is 0.338 e. The Morgan fingerprint density at radius 3 is 2.68 bits per heavy atom. The van der Waals surface area contributed by atoms with Crippen LogP contribution >= 0.6 is 0 Å². The van der Waals surface area contributed by atoms with Crippen molar-refractivity contribution in [2.24, 2.45) is 11.3 Å². The Labute approximate surface area is 146 Å². The summed E-state index contributed by atoms with van der Waals surface area (Å²) in [5.74, 6) is -1.27. The Balaban J connectivity index is 1.61. The van der Waals surface area contributed by atoms with Gasteiger partial charge in [0.05, 0.1) is 17.8 Å². The Hall–Kier alpha value is -2.08. The van der Waals surface area contributed by atoms with Gasteiger partial charge in [0.25, 0.3) is 6.29 Å². The molecular formula is C19H22O6. The van der Waals surface area contributed by atoms with E-state index < -0.39 is 29.9 Å². The molecule has 2 aliphatic heterocycles. The van der Waals surface area contributed by atoms with E-state index in [0.717, 1.165) is 24.8 Å². The van der Waals surface area contributed by atoms with Gasteiger partial charge in [-0.25, -0.2) is 9.59 Å². The first-order valence-corrected chi connectivity index (χ1v) is 8.63.